The summed E-state index contributed by atoms with van der Waals surface area (Å²) in [5, 5.41) is 0. The van der Waals surface area contributed by atoms with Crippen LogP contribution in [-0.2, 0) is 0 Å². The second-order valence-corrected chi connectivity index (χ2v) is 5.48. The molecule has 0 bridgehead atoms. The van der Waals surface area contributed by atoms with Crippen LogP contribution in [0.4, 0.5) is 0 Å². The van der Waals surface area contributed by atoms with Crippen LogP contribution >= 0.6 is 0 Å². The van der Waals surface area contributed by atoms with E-state index < -0.39 is 0 Å². The Hall–Kier alpha value is -0.0800. The molecule has 0 spiro atoms. The summed E-state index contributed by atoms with van der Waals surface area (Å²) in [5.74, 6) is 1.72. The third-order valence-corrected chi connectivity index (χ3v) is 4.22. The van der Waals surface area contributed by atoms with Gasteiger partial charge in [-0.15, -0.1) is 0 Å². The van der Waals surface area contributed by atoms with Crippen molar-refractivity contribution in [1.29, 1.82) is 0 Å². The Morgan fingerprint density at radius 3 is 2.50 bits per heavy atom. The van der Waals surface area contributed by atoms with Gasteiger partial charge >= 0.3 is 0 Å². The van der Waals surface area contributed by atoms with E-state index in [0.717, 1.165) is 18.5 Å². The molecular formula is C12H24N2. The van der Waals surface area contributed by atoms with Gasteiger partial charge in [0.25, 0.3) is 0 Å². The smallest absolute Gasteiger partial charge is 0.0206 e. The molecule has 1 aliphatic carbocycles. The maximum absolute atomic E-state index is 6.04. The standard InChI is InChI=1S/C12H24N2/c1-9-7-14(8-12(9)13)10(2)6-11-4-3-5-11/h9-12H,3-8,13H2,1-2H3. The molecule has 0 aromatic carbocycles. The van der Waals surface area contributed by atoms with Crippen LogP contribution in [0.5, 0.6) is 0 Å². The van der Waals surface area contributed by atoms with Crippen LogP contribution in [-0.4, -0.2) is 30.1 Å². The second kappa shape index (κ2) is 4.19. The van der Waals surface area contributed by atoms with Gasteiger partial charge in [0, 0.05) is 25.2 Å². The Morgan fingerprint density at radius 2 is 2.07 bits per heavy atom. The molecule has 0 radical (unpaired) electrons. The highest BCUT2D eigenvalue weighted by Crippen LogP contribution is 2.32. The van der Waals surface area contributed by atoms with Gasteiger partial charge in [-0.25, -0.2) is 0 Å². The van der Waals surface area contributed by atoms with E-state index in [4.69, 9.17) is 5.73 Å². The molecule has 0 amide bonds. The molecule has 2 aliphatic rings. The average Bonchev–Trinajstić information content (AvgIpc) is 2.40. The summed E-state index contributed by atoms with van der Waals surface area (Å²) < 4.78 is 0. The van der Waals surface area contributed by atoms with Crippen LogP contribution in [0.2, 0.25) is 0 Å². The minimum atomic E-state index is 0.416. The molecule has 1 saturated carbocycles. The topological polar surface area (TPSA) is 29.3 Å². The Kier molecular flexibility index (Phi) is 3.13. The van der Waals surface area contributed by atoms with Crippen molar-refractivity contribution in [2.24, 2.45) is 17.6 Å². The first kappa shape index (κ1) is 10.4. The van der Waals surface area contributed by atoms with E-state index in [0.29, 0.717) is 12.0 Å². The summed E-state index contributed by atoms with van der Waals surface area (Å²) in [4.78, 5) is 2.59. The van der Waals surface area contributed by atoms with Crippen molar-refractivity contribution in [1.82, 2.24) is 4.90 Å². The molecular weight excluding hydrogens is 172 g/mol. The quantitative estimate of drug-likeness (QED) is 0.746. The lowest BCUT2D eigenvalue weighted by atomic mass is 9.81. The number of nitrogens with zero attached hydrogens (tertiary/aromatic N) is 1. The van der Waals surface area contributed by atoms with E-state index in [-0.39, 0.29) is 0 Å². The minimum absolute atomic E-state index is 0.416. The van der Waals surface area contributed by atoms with E-state index in [1.54, 1.807) is 0 Å². The van der Waals surface area contributed by atoms with Crippen LogP contribution in [0, 0.1) is 11.8 Å². The zero-order valence-electron chi connectivity index (χ0n) is 9.58. The number of rotatable bonds is 3. The van der Waals surface area contributed by atoms with E-state index in [1.165, 1.54) is 32.2 Å². The van der Waals surface area contributed by atoms with Gasteiger partial charge in [0.15, 0.2) is 0 Å². The lowest BCUT2D eigenvalue weighted by Crippen LogP contribution is -2.35. The van der Waals surface area contributed by atoms with Crippen molar-refractivity contribution < 1.29 is 0 Å². The Morgan fingerprint density at radius 1 is 1.36 bits per heavy atom. The largest absolute Gasteiger partial charge is 0.326 e. The first-order chi connectivity index (χ1) is 6.66. The first-order valence-electron chi connectivity index (χ1n) is 6.16. The summed E-state index contributed by atoms with van der Waals surface area (Å²) in [7, 11) is 0. The Balaban J connectivity index is 1.77. The van der Waals surface area contributed by atoms with Gasteiger partial charge < -0.3 is 5.73 Å². The number of hydrogen-bond donors (Lipinski definition) is 1. The van der Waals surface area contributed by atoms with Gasteiger partial charge in [0.2, 0.25) is 0 Å². The third kappa shape index (κ3) is 2.12. The van der Waals surface area contributed by atoms with Gasteiger partial charge in [-0.1, -0.05) is 26.2 Å². The molecule has 2 rings (SSSR count). The lowest BCUT2D eigenvalue weighted by molar-refractivity contribution is 0.177. The SMILES string of the molecule is CC1CN(C(C)CC2CCC2)CC1N. The van der Waals surface area contributed by atoms with Crippen molar-refractivity contribution in [3.05, 3.63) is 0 Å². The summed E-state index contributed by atoms with van der Waals surface area (Å²) in [5.41, 5.74) is 6.04. The van der Waals surface area contributed by atoms with E-state index in [2.05, 4.69) is 18.7 Å². The van der Waals surface area contributed by atoms with Crippen molar-refractivity contribution in [3.63, 3.8) is 0 Å². The summed E-state index contributed by atoms with van der Waals surface area (Å²) >= 11 is 0. The normalized spacial score (nSPS) is 37.1. The number of likely N-dealkylation sites (tertiary alicyclic amines) is 1. The van der Waals surface area contributed by atoms with Crippen LogP contribution in [0.1, 0.15) is 39.5 Å². The van der Waals surface area contributed by atoms with Crippen LogP contribution in [0.3, 0.4) is 0 Å². The van der Waals surface area contributed by atoms with Crippen LogP contribution in [0.25, 0.3) is 0 Å². The van der Waals surface area contributed by atoms with E-state index in [1.807, 2.05) is 0 Å². The van der Waals surface area contributed by atoms with Crippen molar-refractivity contribution in [3.8, 4) is 0 Å². The predicted molar refractivity (Wildman–Crippen MR) is 60.1 cm³/mol. The molecule has 2 fully saturated rings. The molecule has 82 valence electrons. The van der Waals surface area contributed by atoms with Gasteiger partial charge in [0.05, 0.1) is 0 Å². The average molecular weight is 196 g/mol. The molecule has 2 N–H and O–H groups in total. The maximum atomic E-state index is 6.04. The molecule has 3 unspecified atom stereocenters. The Bertz CT molecular complexity index is 179. The first-order valence-corrected chi connectivity index (χ1v) is 6.16. The zero-order valence-corrected chi connectivity index (χ0v) is 9.58. The fourth-order valence-electron chi connectivity index (χ4n) is 2.75. The molecule has 2 heteroatoms. The molecule has 1 aliphatic heterocycles. The zero-order chi connectivity index (χ0) is 10.1. The molecule has 3 atom stereocenters. The Labute approximate surface area is 87.8 Å². The molecule has 1 saturated heterocycles. The minimum Gasteiger partial charge on any atom is -0.326 e. The highest BCUT2D eigenvalue weighted by molar-refractivity contribution is 4.88. The van der Waals surface area contributed by atoms with Crippen molar-refractivity contribution in [2.75, 3.05) is 13.1 Å². The van der Waals surface area contributed by atoms with Crippen molar-refractivity contribution >= 4 is 0 Å². The summed E-state index contributed by atoms with van der Waals surface area (Å²) in [6, 6.07) is 1.18. The molecule has 0 aromatic rings. The third-order valence-electron chi connectivity index (χ3n) is 4.22. The fourth-order valence-corrected chi connectivity index (χ4v) is 2.75. The fraction of sp³-hybridized carbons (Fsp3) is 1.00. The van der Waals surface area contributed by atoms with Gasteiger partial charge in [-0.3, -0.25) is 4.90 Å². The lowest BCUT2D eigenvalue weighted by Gasteiger charge is -2.32. The molecule has 0 aromatic heterocycles. The monoisotopic (exact) mass is 196 g/mol. The van der Waals surface area contributed by atoms with Crippen LogP contribution < -0.4 is 5.73 Å². The number of hydrogen-bond acceptors (Lipinski definition) is 2. The number of nitrogens with two attached hydrogens (primary N) is 1. The predicted octanol–water partition coefficient (Wildman–Crippen LogP) is 1.84. The highest BCUT2D eigenvalue weighted by atomic mass is 15.2. The van der Waals surface area contributed by atoms with Gasteiger partial charge in [0.1, 0.15) is 0 Å². The molecule has 2 nitrogen and oxygen atoms in total. The van der Waals surface area contributed by atoms with Gasteiger partial charge in [-0.05, 0) is 25.2 Å². The van der Waals surface area contributed by atoms with Gasteiger partial charge in [-0.2, -0.15) is 0 Å². The highest BCUT2D eigenvalue weighted by Gasteiger charge is 2.31. The van der Waals surface area contributed by atoms with Crippen molar-refractivity contribution in [2.45, 2.75) is 51.6 Å². The molecule has 14 heavy (non-hydrogen) atoms. The molecule has 1 heterocycles. The second-order valence-electron chi connectivity index (χ2n) is 5.48. The summed E-state index contributed by atoms with van der Waals surface area (Å²) in [6.45, 7) is 6.99. The van der Waals surface area contributed by atoms with E-state index in [9.17, 15) is 0 Å². The van der Waals surface area contributed by atoms with E-state index >= 15 is 0 Å². The maximum Gasteiger partial charge on any atom is 0.0206 e. The summed E-state index contributed by atoms with van der Waals surface area (Å²) in [6.07, 6.45) is 5.81. The van der Waals surface area contributed by atoms with Crippen LogP contribution in [0.15, 0.2) is 0 Å².